The molecule has 2 heteroatoms. The fraction of sp³-hybridized carbons (Fsp3) is 0.0526. The predicted octanol–water partition coefficient (Wildman–Crippen LogP) is 6.00. The van der Waals surface area contributed by atoms with Crippen molar-refractivity contribution in [2.24, 2.45) is 5.92 Å². The van der Waals surface area contributed by atoms with Gasteiger partial charge in [0.2, 0.25) is 0 Å². The Balaban J connectivity index is 1.82. The van der Waals surface area contributed by atoms with E-state index >= 15 is 0 Å². The SMILES string of the molecule is C1=CC(C(=C2Sc3ccccc3S2)c2ccccc2)C=C1. The molecule has 0 amide bonds. The van der Waals surface area contributed by atoms with Gasteiger partial charge in [-0.3, -0.25) is 0 Å². The summed E-state index contributed by atoms with van der Waals surface area (Å²) in [6.07, 6.45) is 8.84. The molecule has 0 fully saturated rings. The zero-order valence-electron chi connectivity index (χ0n) is 11.4. The molecule has 4 rings (SSSR count). The van der Waals surface area contributed by atoms with E-state index in [1.54, 1.807) is 0 Å². The van der Waals surface area contributed by atoms with Gasteiger partial charge in [0, 0.05) is 15.7 Å². The zero-order chi connectivity index (χ0) is 14.1. The van der Waals surface area contributed by atoms with Crippen LogP contribution >= 0.6 is 23.5 Å². The molecule has 0 N–H and O–H groups in total. The average Bonchev–Trinajstić information content (AvgIpc) is 3.18. The van der Waals surface area contributed by atoms with E-state index in [-0.39, 0.29) is 0 Å². The third kappa shape index (κ3) is 2.50. The van der Waals surface area contributed by atoms with Crippen molar-refractivity contribution in [3.8, 4) is 0 Å². The second-order valence-electron chi connectivity index (χ2n) is 5.01. The molecule has 102 valence electrons. The number of hydrogen-bond acceptors (Lipinski definition) is 2. The predicted molar refractivity (Wildman–Crippen MR) is 93.3 cm³/mol. The highest BCUT2D eigenvalue weighted by atomic mass is 32.2. The summed E-state index contributed by atoms with van der Waals surface area (Å²) in [6, 6.07) is 19.4. The lowest BCUT2D eigenvalue weighted by Gasteiger charge is -2.15. The summed E-state index contributed by atoms with van der Waals surface area (Å²) >= 11 is 3.80. The third-order valence-electron chi connectivity index (χ3n) is 3.64. The lowest BCUT2D eigenvalue weighted by atomic mass is 9.95. The molecule has 0 nitrogen and oxygen atoms in total. The molecule has 0 bridgehead atoms. The van der Waals surface area contributed by atoms with E-state index in [9.17, 15) is 0 Å². The lowest BCUT2D eigenvalue weighted by Crippen LogP contribution is -1.96. The van der Waals surface area contributed by atoms with Gasteiger partial charge in [0.1, 0.15) is 0 Å². The van der Waals surface area contributed by atoms with Gasteiger partial charge in [0.25, 0.3) is 0 Å². The average molecular weight is 306 g/mol. The van der Waals surface area contributed by atoms with Crippen LogP contribution < -0.4 is 0 Å². The van der Waals surface area contributed by atoms with Crippen LogP contribution in [0.25, 0.3) is 5.57 Å². The Labute approximate surface area is 133 Å². The number of fused-ring (bicyclic) bond motifs is 1. The molecule has 1 heterocycles. The topological polar surface area (TPSA) is 0 Å². The Morgan fingerprint density at radius 2 is 1.29 bits per heavy atom. The first-order chi connectivity index (χ1) is 10.4. The summed E-state index contributed by atoms with van der Waals surface area (Å²) in [7, 11) is 0. The van der Waals surface area contributed by atoms with Crippen LogP contribution in [-0.2, 0) is 0 Å². The van der Waals surface area contributed by atoms with Crippen LogP contribution in [0.1, 0.15) is 5.56 Å². The summed E-state index contributed by atoms with van der Waals surface area (Å²) in [6.45, 7) is 0. The fourth-order valence-electron chi connectivity index (χ4n) is 2.64. The quantitative estimate of drug-likeness (QED) is 0.668. The highest BCUT2D eigenvalue weighted by Gasteiger charge is 2.24. The lowest BCUT2D eigenvalue weighted by molar-refractivity contribution is 1.12. The van der Waals surface area contributed by atoms with Gasteiger partial charge in [0.05, 0.1) is 4.24 Å². The monoisotopic (exact) mass is 306 g/mol. The minimum Gasteiger partial charge on any atom is -0.0812 e. The maximum Gasteiger partial charge on any atom is 0.0546 e. The molecule has 0 saturated carbocycles. The summed E-state index contributed by atoms with van der Waals surface area (Å²) in [5.41, 5.74) is 2.74. The van der Waals surface area contributed by atoms with E-state index in [0.29, 0.717) is 5.92 Å². The van der Waals surface area contributed by atoms with Crippen LogP contribution in [0.3, 0.4) is 0 Å². The second-order valence-corrected chi connectivity index (χ2v) is 7.38. The molecule has 0 radical (unpaired) electrons. The number of benzene rings is 2. The Kier molecular flexibility index (Phi) is 3.50. The molecule has 0 saturated heterocycles. The summed E-state index contributed by atoms with van der Waals surface area (Å²) in [4.78, 5) is 2.74. The summed E-state index contributed by atoms with van der Waals surface area (Å²) < 4.78 is 1.41. The van der Waals surface area contributed by atoms with Gasteiger partial charge in [-0.1, -0.05) is 90.3 Å². The minimum atomic E-state index is 0.386. The molecular weight excluding hydrogens is 292 g/mol. The molecule has 2 aliphatic rings. The molecule has 1 aliphatic heterocycles. The van der Waals surface area contributed by atoms with Crippen LogP contribution in [0.4, 0.5) is 0 Å². The standard InChI is InChI=1S/C19H14S2/c1-2-8-14(9-3-1)18(15-10-4-5-11-15)19-20-16-12-6-7-13-17(16)21-19/h1-13,15H. The normalized spacial score (nSPS) is 16.5. The number of hydrogen-bond donors (Lipinski definition) is 0. The van der Waals surface area contributed by atoms with E-state index in [1.807, 2.05) is 23.5 Å². The number of thioether (sulfide) groups is 2. The Bertz CT molecular complexity index is 715. The van der Waals surface area contributed by atoms with Crippen LogP contribution in [0.5, 0.6) is 0 Å². The Morgan fingerprint density at radius 1 is 0.714 bits per heavy atom. The largest absolute Gasteiger partial charge is 0.0812 e. The highest BCUT2D eigenvalue weighted by Crippen LogP contribution is 2.55. The van der Waals surface area contributed by atoms with Crippen molar-refractivity contribution in [2.75, 3.05) is 0 Å². The van der Waals surface area contributed by atoms with Crippen LogP contribution in [0.15, 0.2) is 92.9 Å². The van der Waals surface area contributed by atoms with Gasteiger partial charge in [-0.15, -0.1) is 0 Å². The number of allylic oxidation sites excluding steroid dienone is 5. The maximum atomic E-state index is 2.28. The minimum absolute atomic E-state index is 0.386. The Morgan fingerprint density at radius 3 is 1.90 bits per heavy atom. The molecule has 0 atom stereocenters. The summed E-state index contributed by atoms with van der Waals surface area (Å²) in [5.74, 6) is 0.386. The first-order valence-corrected chi connectivity index (χ1v) is 8.64. The van der Waals surface area contributed by atoms with Gasteiger partial charge in [-0.05, 0) is 23.3 Å². The Hall–Kier alpha value is -1.64. The molecule has 2 aromatic carbocycles. The smallest absolute Gasteiger partial charge is 0.0546 e. The molecule has 0 unspecified atom stereocenters. The first-order valence-electron chi connectivity index (χ1n) is 7.01. The van der Waals surface area contributed by atoms with E-state index in [4.69, 9.17) is 0 Å². The van der Waals surface area contributed by atoms with Crippen LogP contribution in [0.2, 0.25) is 0 Å². The molecule has 1 aliphatic carbocycles. The third-order valence-corrected chi connectivity index (χ3v) is 6.23. The second kappa shape index (κ2) is 5.63. The van der Waals surface area contributed by atoms with Crippen LogP contribution in [0, 0.1) is 5.92 Å². The van der Waals surface area contributed by atoms with E-state index < -0.39 is 0 Å². The van der Waals surface area contributed by atoms with E-state index in [0.717, 1.165) is 0 Å². The van der Waals surface area contributed by atoms with Crippen molar-refractivity contribution in [1.29, 1.82) is 0 Å². The van der Waals surface area contributed by atoms with Crippen molar-refractivity contribution in [3.63, 3.8) is 0 Å². The maximum absolute atomic E-state index is 2.28. The van der Waals surface area contributed by atoms with E-state index in [1.165, 1.54) is 25.2 Å². The first kappa shape index (κ1) is 13.1. The van der Waals surface area contributed by atoms with Crippen molar-refractivity contribution in [1.82, 2.24) is 0 Å². The molecule has 21 heavy (non-hydrogen) atoms. The molecule has 0 aromatic heterocycles. The fourth-order valence-corrected chi connectivity index (χ4v) is 5.35. The van der Waals surface area contributed by atoms with Crippen molar-refractivity contribution in [3.05, 3.63) is 88.7 Å². The van der Waals surface area contributed by atoms with Crippen molar-refractivity contribution < 1.29 is 0 Å². The van der Waals surface area contributed by atoms with Gasteiger partial charge in [-0.25, -0.2) is 0 Å². The van der Waals surface area contributed by atoms with Gasteiger partial charge < -0.3 is 0 Å². The number of rotatable bonds is 2. The van der Waals surface area contributed by atoms with E-state index in [2.05, 4.69) is 78.9 Å². The molecular formula is C19H14S2. The van der Waals surface area contributed by atoms with Crippen molar-refractivity contribution >= 4 is 29.1 Å². The van der Waals surface area contributed by atoms with Gasteiger partial charge >= 0.3 is 0 Å². The highest BCUT2D eigenvalue weighted by molar-refractivity contribution is 8.25. The summed E-state index contributed by atoms with van der Waals surface area (Å²) in [5, 5.41) is 0. The molecule has 2 aromatic rings. The molecule has 0 spiro atoms. The van der Waals surface area contributed by atoms with Crippen LogP contribution in [-0.4, -0.2) is 0 Å². The van der Waals surface area contributed by atoms with Gasteiger partial charge in [-0.2, -0.15) is 0 Å². The van der Waals surface area contributed by atoms with Gasteiger partial charge in [0.15, 0.2) is 0 Å². The van der Waals surface area contributed by atoms with Crippen molar-refractivity contribution in [2.45, 2.75) is 9.79 Å². The zero-order valence-corrected chi connectivity index (χ0v) is 13.0.